The Kier molecular flexibility index (Phi) is 8.50. The molecule has 0 aromatic heterocycles. The molecule has 3 rings (SSSR count). The quantitative estimate of drug-likeness (QED) is 0.167. The molecular weight excluding hydrogens is 450 g/mol. The van der Waals surface area contributed by atoms with Gasteiger partial charge in [0.2, 0.25) is 0 Å². The molecule has 0 amide bonds. The summed E-state index contributed by atoms with van der Waals surface area (Å²) in [6.45, 7) is -1.28. The van der Waals surface area contributed by atoms with Crippen molar-refractivity contribution in [2.75, 3.05) is 13.2 Å². The molecule has 3 aliphatic rings. The summed E-state index contributed by atoms with van der Waals surface area (Å²) in [5.41, 5.74) is 17.7. The summed E-state index contributed by atoms with van der Waals surface area (Å²) in [4.78, 5) is 0. The first-order valence-corrected chi connectivity index (χ1v) is 10.4. The van der Waals surface area contributed by atoms with E-state index in [9.17, 15) is 40.9 Å². The Balaban J connectivity index is 1.77. The number of ether oxygens (including phenoxy) is 4. The van der Waals surface area contributed by atoms with Crippen molar-refractivity contribution in [3.8, 4) is 0 Å². The highest BCUT2D eigenvalue weighted by Crippen LogP contribution is 2.31. The zero-order valence-electron chi connectivity index (χ0n) is 17.5. The second-order valence-electron chi connectivity index (χ2n) is 8.41. The molecule has 2 aliphatic heterocycles. The van der Waals surface area contributed by atoms with Gasteiger partial charge in [0.05, 0.1) is 37.4 Å². The van der Waals surface area contributed by atoms with Crippen LogP contribution in [-0.4, -0.2) is 140 Å². The van der Waals surface area contributed by atoms with Gasteiger partial charge in [0.1, 0.15) is 48.8 Å². The van der Waals surface area contributed by atoms with Crippen molar-refractivity contribution in [2.24, 2.45) is 17.2 Å². The van der Waals surface area contributed by atoms with Gasteiger partial charge in [-0.2, -0.15) is 0 Å². The highest BCUT2D eigenvalue weighted by Gasteiger charge is 2.53. The van der Waals surface area contributed by atoms with Crippen molar-refractivity contribution in [2.45, 2.75) is 85.5 Å². The molecule has 0 bridgehead atoms. The summed E-state index contributed by atoms with van der Waals surface area (Å²) >= 11 is 0. The zero-order valence-corrected chi connectivity index (χ0v) is 17.5. The van der Waals surface area contributed by atoms with Gasteiger partial charge < -0.3 is 77.0 Å². The maximum absolute atomic E-state index is 10.9. The first kappa shape index (κ1) is 26.4. The lowest BCUT2D eigenvalue weighted by Crippen LogP contribution is -2.72. The second kappa shape index (κ2) is 10.6. The van der Waals surface area contributed by atoms with Crippen LogP contribution < -0.4 is 17.2 Å². The fourth-order valence-corrected chi connectivity index (χ4v) is 4.05. The van der Waals surface area contributed by atoms with E-state index < -0.39 is 98.7 Å². The predicted molar refractivity (Wildman–Crippen MR) is 106 cm³/mol. The minimum absolute atomic E-state index is 0.368. The molecule has 14 unspecified atom stereocenters. The van der Waals surface area contributed by atoms with Gasteiger partial charge in [0.15, 0.2) is 12.4 Å². The second-order valence-corrected chi connectivity index (χ2v) is 8.41. The van der Waals surface area contributed by atoms with Gasteiger partial charge in [-0.3, -0.25) is 0 Å². The van der Waals surface area contributed by atoms with E-state index in [2.05, 4.69) is 0 Å². The van der Waals surface area contributed by atoms with Gasteiger partial charge in [-0.25, -0.2) is 0 Å². The molecule has 15 heteroatoms. The molecule has 14 N–H and O–H groups in total. The van der Waals surface area contributed by atoms with Crippen molar-refractivity contribution in [3.63, 3.8) is 0 Å². The number of hydrogen-bond acceptors (Lipinski definition) is 15. The summed E-state index contributed by atoms with van der Waals surface area (Å²) in [5, 5.41) is 80.1. The largest absolute Gasteiger partial charge is 0.458 e. The molecule has 1 saturated carbocycles. The molecule has 2 fully saturated rings. The Labute approximate surface area is 188 Å². The van der Waals surface area contributed by atoms with E-state index in [-0.39, 0.29) is 5.95 Å². The summed E-state index contributed by atoms with van der Waals surface area (Å²) in [6, 6.07) is -3.79. The van der Waals surface area contributed by atoms with Crippen LogP contribution in [0.5, 0.6) is 0 Å². The molecule has 15 nitrogen and oxygen atoms in total. The van der Waals surface area contributed by atoms with Crippen molar-refractivity contribution in [1.82, 2.24) is 0 Å². The van der Waals surface area contributed by atoms with Gasteiger partial charge in [0.25, 0.3) is 5.95 Å². The molecule has 14 atom stereocenters. The van der Waals surface area contributed by atoms with E-state index in [1.807, 2.05) is 0 Å². The van der Waals surface area contributed by atoms with E-state index in [0.717, 1.165) is 6.08 Å². The highest BCUT2D eigenvalue weighted by molar-refractivity contribution is 5.08. The molecule has 192 valence electrons. The SMILES string of the molecule is NC1C(O)C(CO)OC(OC2C(N)C(O)C(N)C(OC3=CC(O)C(O)C(CO)O3)C2O)C1O. The van der Waals surface area contributed by atoms with Crippen LogP contribution in [0.4, 0.5) is 0 Å². The van der Waals surface area contributed by atoms with Crippen molar-refractivity contribution >= 4 is 0 Å². The van der Waals surface area contributed by atoms with E-state index >= 15 is 0 Å². The van der Waals surface area contributed by atoms with Gasteiger partial charge in [-0.05, 0) is 0 Å². The Morgan fingerprint density at radius 1 is 0.727 bits per heavy atom. The summed E-state index contributed by atoms with van der Waals surface area (Å²) < 4.78 is 21.7. The van der Waals surface area contributed by atoms with E-state index in [1.165, 1.54) is 0 Å². The molecule has 1 aliphatic carbocycles. The first-order valence-electron chi connectivity index (χ1n) is 10.4. The Bertz CT molecular complexity index is 686. The standard InChI is InChI=1S/C18H33N3O12/c19-8-12(26)6(3-23)31-18(14(8)28)33-17-10(21)13(27)9(20)16(15(17)29)32-7-1-4(24)11(25)5(2-22)30-7/h1,4-6,8-18,22-29H,2-3,19-21H2. The fourth-order valence-electron chi connectivity index (χ4n) is 4.05. The van der Waals surface area contributed by atoms with Crippen LogP contribution in [0.1, 0.15) is 0 Å². The zero-order chi connectivity index (χ0) is 24.6. The van der Waals surface area contributed by atoms with Crippen LogP contribution in [0.3, 0.4) is 0 Å². The van der Waals surface area contributed by atoms with Crippen LogP contribution in [0.2, 0.25) is 0 Å². The van der Waals surface area contributed by atoms with Crippen LogP contribution in [0.25, 0.3) is 0 Å². The lowest BCUT2D eigenvalue weighted by atomic mass is 9.82. The summed E-state index contributed by atoms with van der Waals surface area (Å²) in [6.07, 6.45) is -14.7. The Hall–Kier alpha value is -1.18. The maximum Gasteiger partial charge on any atom is 0.278 e. The third-order valence-corrected chi connectivity index (χ3v) is 6.19. The number of rotatable bonds is 6. The van der Waals surface area contributed by atoms with Crippen LogP contribution in [0.15, 0.2) is 12.0 Å². The van der Waals surface area contributed by atoms with Gasteiger partial charge in [-0.1, -0.05) is 0 Å². The minimum atomic E-state index is -1.63. The minimum Gasteiger partial charge on any atom is -0.458 e. The Morgan fingerprint density at radius 2 is 1.33 bits per heavy atom. The van der Waals surface area contributed by atoms with Crippen molar-refractivity contribution in [1.29, 1.82) is 0 Å². The molecule has 0 aromatic carbocycles. The highest BCUT2D eigenvalue weighted by atomic mass is 16.7. The molecule has 0 aromatic rings. The van der Waals surface area contributed by atoms with E-state index in [0.29, 0.717) is 0 Å². The summed E-state index contributed by atoms with van der Waals surface area (Å²) in [5.74, 6) is -0.368. The third kappa shape index (κ3) is 5.10. The third-order valence-electron chi connectivity index (χ3n) is 6.19. The van der Waals surface area contributed by atoms with Gasteiger partial charge in [-0.15, -0.1) is 0 Å². The lowest BCUT2D eigenvalue weighted by molar-refractivity contribution is -0.310. The molecule has 0 radical (unpaired) electrons. The summed E-state index contributed by atoms with van der Waals surface area (Å²) in [7, 11) is 0. The average molecular weight is 483 g/mol. The molecular formula is C18H33N3O12. The Morgan fingerprint density at radius 3 is 1.94 bits per heavy atom. The topological polar surface area (TPSA) is 277 Å². The van der Waals surface area contributed by atoms with Crippen LogP contribution in [-0.2, 0) is 18.9 Å². The number of nitrogens with two attached hydrogens (primary N) is 3. The monoisotopic (exact) mass is 483 g/mol. The average Bonchev–Trinajstić information content (AvgIpc) is 2.80. The molecule has 0 spiro atoms. The van der Waals surface area contributed by atoms with Crippen LogP contribution >= 0.6 is 0 Å². The van der Waals surface area contributed by atoms with Crippen molar-refractivity contribution in [3.05, 3.63) is 12.0 Å². The maximum atomic E-state index is 10.9. The predicted octanol–water partition coefficient (Wildman–Crippen LogP) is -7.13. The normalized spacial score (nSPS) is 50.9. The van der Waals surface area contributed by atoms with Crippen molar-refractivity contribution < 1.29 is 59.8 Å². The smallest absolute Gasteiger partial charge is 0.278 e. The fraction of sp³-hybridized carbons (Fsp3) is 0.889. The van der Waals surface area contributed by atoms with E-state index in [4.69, 9.17) is 36.1 Å². The number of aliphatic hydroxyl groups excluding tert-OH is 8. The number of aliphatic hydroxyl groups is 8. The molecule has 2 heterocycles. The first-order chi connectivity index (χ1) is 15.5. The lowest BCUT2D eigenvalue weighted by Gasteiger charge is -2.48. The molecule has 33 heavy (non-hydrogen) atoms. The van der Waals surface area contributed by atoms with Gasteiger partial charge >= 0.3 is 0 Å². The van der Waals surface area contributed by atoms with Crippen LogP contribution in [0, 0.1) is 0 Å². The van der Waals surface area contributed by atoms with E-state index in [1.54, 1.807) is 0 Å². The van der Waals surface area contributed by atoms with Gasteiger partial charge in [0, 0.05) is 6.08 Å². The number of hydrogen-bond donors (Lipinski definition) is 11. The molecule has 1 saturated heterocycles.